The van der Waals surface area contributed by atoms with Crippen LogP contribution in [0, 0.1) is 11.7 Å². The largest absolute Gasteiger partial charge is 0.496 e. The van der Waals surface area contributed by atoms with Gasteiger partial charge in [0.25, 0.3) is 0 Å². The fourth-order valence-electron chi connectivity index (χ4n) is 2.18. The van der Waals surface area contributed by atoms with Gasteiger partial charge in [0.2, 0.25) is 0 Å². The van der Waals surface area contributed by atoms with E-state index in [1.54, 1.807) is 7.11 Å². The molecule has 1 rings (SSSR count). The fraction of sp³-hybridized carbons (Fsp3) is 0.625. The summed E-state index contributed by atoms with van der Waals surface area (Å²) in [6.45, 7) is 7.52. The Labute approximate surface area is 130 Å². The lowest BCUT2D eigenvalue weighted by atomic mass is 9.96. The predicted molar refractivity (Wildman–Crippen MR) is 85.8 cm³/mol. The van der Waals surface area contributed by atoms with E-state index in [9.17, 15) is 4.39 Å². The lowest BCUT2D eigenvalue weighted by Gasteiger charge is -2.22. The minimum atomic E-state index is -0.288. The Morgan fingerprint density at radius 2 is 2.00 bits per heavy atom. The van der Waals surface area contributed by atoms with E-state index >= 15 is 0 Å². The molecule has 0 saturated carbocycles. The lowest BCUT2D eigenvalue weighted by molar-refractivity contribution is 0.382. The topological polar surface area (TPSA) is 21.3 Å². The summed E-state index contributed by atoms with van der Waals surface area (Å²) in [5, 5.41) is 3.54. The number of nitrogens with one attached hydrogen (secondary N) is 1. The van der Waals surface area contributed by atoms with Crippen molar-refractivity contribution < 1.29 is 9.13 Å². The van der Waals surface area contributed by atoms with Gasteiger partial charge in [0.05, 0.1) is 11.6 Å². The normalized spacial score (nSPS) is 12.8. The highest BCUT2D eigenvalue weighted by Crippen LogP contribution is 2.33. The minimum Gasteiger partial charge on any atom is -0.496 e. The van der Waals surface area contributed by atoms with Gasteiger partial charge in [-0.1, -0.05) is 20.8 Å². The fourth-order valence-corrected chi connectivity index (χ4v) is 2.54. The molecule has 20 heavy (non-hydrogen) atoms. The zero-order valence-electron chi connectivity index (χ0n) is 12.8. The monoisotopic (exact) mass is 345 g/mol. The van der Waals surface area contributed by atoms with Gasteiger partial charge in [0, 0.05) is 17.7 Å². The van der Waals surface area contributed by atoms with Crippen molar-refractivity contribution in [1.29, 1.82) is 0 Å². The van der Waals surface area contributed by atoms with Crippen LogP contribution in [-0.2, 0) is 0 Å². The van der Waals surface area contributed by atoms with E-state index in [-0.39, 0.29) is 11.9 Å². The maximum absolute atomic E-state index is 13.6. The van der Waals surface area contributed by atoms with Crippen LogP contribution < -0.4 is 10.1 Å². The van der Waals surface area contributed by atoms with Gasteiger partial charge in [-0.3, -0.25) is 0 Å². The van der Waals surface area contributed by atoms with E-state index in [0.717, 1.165) is 31.4 Å². The van der Waals surface area contributed by atoms with Gasteiger partial charge in [-0.05, 0) is 53.7 Å². The average Bonchev–Trinajstić information content (AvgIpc) is 2.41. The number of ether oxygens (including phenoxy) is 1. The zero-order chi connectivity index (χ0) is 15.1. The molecule has 0 aliphatic heterocycles. The van der Waals surface area contributed by atoms with Crippen LogP contribution in [0.2, 0.25) is 0 Å². The Morgan fingerprint density at radius 3 is 2.55 bits per heavy atom. The molecular weight excluding hydrogens is 321 g/mol. The Balaban J connectivity index is 3.01. The summed E-state index contributed by atoms with van der Waals surface area (Å²) in [5.74, 6) is 0.975. The molecule has 4 heteroatoms. The van der Waals surface area contributed by atoms with E-state index in [4.69, 9.17) is 4.74 Å². The van der Waals surface area contributed by atoms with E-state index in [2.05, 4.69) is 42.0 Å². The van der Waals surface area contributed by atoms with Gasteiger partial charge in [-0.25, -0.2) is 4.39 Å². The van der Waals surface area contributed by atoms with Crippen LogP contribution in [-0.4, -0.2) is 13.7 Å². The third-order valence-electron chi connectivity index (χ3n) is 3.32. The Hall–Kier alpha value is -0.610. The number of hydrogen-bond donors (Lipinski definition) is 1. The van der Waals surface area contributed by atoms with Crippen LogP contribution in [0.1, 0.15) is 51.6 Å². The standard InChI is InChI=1S/C16H25BrFNO/c1-5-8-19-15(7-6-11(2)3)12-9-13(17)14(18)10-16(12)20-4/h9-11,15,19H,5-8H2,1-4H3. The van der Waals surface area contributed by atoms with Gasteiger partial charge in [-0.2, -0.15) is 0 Å². The second-order valence-corrected chi connectivity index (χ2v) is 6.34. The molecule has 1 atom stereocenters. The van der Waals surface area contributed by atoms with Crippen molar-refractivity contribution in [2.24, 2.45) is 5.92 Å². The molecule has 0 fully saturated rings. The van der Waals surface area contributed by atoms with Gasteiger partial charge in [0.15, 0.2) is 0 Å². The summed E-state index contributed by atoms with van der Waals surface area (Å²) in [7, 11) is 1.59. The first-order valence-corrected chi connectivity index (χ1v) is 8.05. The molecule has 2 nitrogen and oxygen atoms in total. The molecule has 0 saturated heterocycles. The maximum atomic E-state index is 13.6. The molecule has 1 aromatic carbocycles. The van der Waals surface area contributed by atoms with Crippen molar-refractivity contribution in [3.63, 3.8) is 0 Å². The van der Waals surface area contributed by atoms with Crippen molar-refractivity contribution in [2.75, 3.05) is 13.7 Å². The van der Waals surface area contributed by atoms with Crippen molar-refractivity contribution in [1.82, 2.24) is 5.32 Å². The van der Waals surface area contributed by atoms with Crippen LogP contribution in [0.5, 0.6) is 5.75 Å². The molecule has 0 radical (unpaired) electrons. The number of rotatable bonds is 8. The van der Waals surface area contributed by atoms with Crippen LogP contribution in [0.3, 0.4) is 0 Å². The molecule has 0 amide bonds. The number of methoxy groups -OCH3 is 1. The molecule has 114 valence electrons. The Morgan fingerprint density at radius 1 is 1.30 bits per heavy atom. The molecule has 1 aromatic rings. The van der Waals surface area contributed by atoms with Crippen molar-refractivity contribution in [3.8, 4) is 5.75 Å². The molecule has 0 aromatic heterocycles. The minimum absolute atomic E-state index is 0.198. The zero-order valence-corrected chi connectivity index (χ0v) is 14.4. The van der Waals surface area contributed by atoms with Gasteiger partial charge < -0.3 is 10.1 Å². The number of hydrogen-bond acceptors (Lipinski definition) is 2. The molecule has 0 spiro atoms. The van der Waals surface area contributed by atoms with Crippen molar-refractivity contribution in [3.05, 3.63) is 28.0 Å². The highest BCUT2D eigenvalue weighted by atomic mass is 79.9. The second kappa shape index (κ2) is 8.63. The number of benzene rings is 1. The quantitative estimate of drug-likeness (QED) is 0.709. The molecule has 0 bridgehead atoms. The van der Waals surface area contributed by atoms with Crippen LogP contribution in [0.25, 0.3) is 0 Å². The summed E-state index contributed by atoms with van der Waals surface area (Å²) in [5.41, 5.74) is 1.02. The molecule has 1 unspecified atom stereocenters. The van der Waals surface area contributed by atoms with Gasteiger partial charge >= 0.3 is 0 Å². The summed E-state index contributed by atoms with van der Waals surface area (Å²) < 4.78 is 19.5. The summed E-state index contributed by atoms with van der Waals surface area (Å²) in [6.07, 6.45) is 3.22. The molecule has 0 aliphatic rings. The molecular formula is C16H25BrFNO. The first-order valence-electron chi connectivity index (χ1n) is 7.25. The van der Waals surface area contributed by atoms with E-state index in [1.807, 2.05) is 6.07 Å². The smallest absolute Gasteiger partial charge is 0.141 e. The van der Waals surface area contributed by atoms with E-state index in [1.165, 1.54) is 6.07 Å². The first-order chi connectivity index (χ1) is 9.49. The average molecular weight is 346 g/mol. The van der Waals surface area contributed by atoms with E-state index in [0.29, 0.717) is 16.1 Å². The van der Waals surface area contributed by atoms with Crippen LogP contribution in [0.15, 0.2) is 16.6 Å². The van der Waals surface area contributed by atoms with Crippen LogP contribution in [0.4, 0.5) is 4.39 Å². The van der Waals surface area contributed by atoms with Gasteiger partial charge in [0.1, 0.15) is 11.6 Å². The second-order valence-electron chi connectivity index (χ2n) is 5.49. The Kier molecular flexibility index (Phi) is 7.52. The third kappa shape index (κ3) is 5.06. The lowest BCUT2D eigenvalue weighted by Crippen LogP contribution is -2.23. The highest BCUT2D eigenvalue weighted by molar-refractivity contribution is 9.10. The SMILES string of the molecule is CCCNC(CCC(C)C)c1cc(Br)c(F)cc1OC. The number of halogens is 2. The highest BCUT2D eigenvalue weighted by Gasteiger charge is 2.18. The summed E-state index contributed by atoms with van der Waals surface area (Å²) >= 11 is 3.27. The Bertz CT molecular complexity index is 423. The molecule has 1 N–H and O–H groups in total. The summed E-state index contributed by atoms with van der Waals surface area (Å²) in [6, 6.07) is 3.49. The summed E-state index contributed by atoms with van der Waals surface area (Å²) in [4.78, 5) is 0. The van der Waals surface area contributed by atoms with Crippen LogP contribution >= 0.6 is 15.9 Å². The van der Waals surface area contributed by atoms with Crippen molar-refractivity contribution >= 4 is 15.9 Å². The first kappa shape index (κ1) is 17.4. The third-order valence-corrected chi connectivity index (χ3v) is 3.93. The predicted octanol–water partition coefficient (Wildman–Crippen LogP) is 5.07. The van der Waals surface area contributed by atoms with Crippen molar-refractivity contribution in [2.45, 2.75) is 46.1 Å². The maximum Gasteiger partial charge on any atom is 0.141 e. The molecule has 0 aliphatic carbocycles. The van der Waals surface area contributed by atoms with Gasteiger partial charge in [-0.15, -0.1) is 0 Å². The van der Waals surface area contributed by atoms with E-state index < -0.39 is 0 Å². The molecule has 0 heterocycles.